The summed E-state index contributed by atoms with van der Waals surface area (Å²) in [5, 5.41) is 8.55. The van der Waals surface area contributed by atoms with Crippen LogP contribution < -0.4 is 0 Å². The maximum atomic E-state index is 12.7. The zero-order chi connectivity index (χ0) is 9.14. The van der Waals surface area contributed by atoms with Crippen molar-refractivity contribution in [3.05, 3.63) is 29.3 Å². The Hall–Kier alpha value is -1.10. The predicted molar refractivity (Wildman–Crippen MR) is 35.1 cm³/mol. The first-order valence-corrected chi connectivity index (χ1v) is 3.18. The Bertz CT molecular complexity index is 277. The molecule has 0 atom stereocenters. The van der Waals surface area contributed by atoms with E-state index in [-0.39, 0.29) is 5.56 Å². The number of nitrogens with zero attached hydrogens (tertiary/aromatic N) is 1. The average molecular weight is 177 g/mol. The number of halogens is 3. The van der Waals surface area contributed by atoms with Crippen LogP contribution in [-0.2, 0) is 6.61 Å². The third-order valence-corrected chi connectivity index (χ3v) is 1.43. The molecule has 0 amide bonds. The second-order valence-electron chi connectivity index (χ2n) is 2.15. The van der Waals surface area contributed by atoms with Crippen molar-refractivity contribution in [2.75, 3.05) is 0 Å². The molecule has 0 aliphatic heterocycles. The van der Waals surface area contributed by atoms with E-state index in [4.69, 9.17) is 5.11 Å². The summed E-state index contributed by atoms with van der Waals surface area (Å²) in [6.45, 7) is -0.742. The van der Waals surface area contributed by atoms with E-state index in [9.17, 15) is 13.2 Å². The quantitative estimate of drug-likeness (QED) is 0.745. The van der Waals surface area contributed by atoms with Gasteiger partial charge in [-0.25, -0.2) is 13.2 Å². The molecule has 5 heteroatoms. The molecule has 1 aromatic heterocycles. The molecule has 1 N–H and O–H groups in total. The van der Waals surface area contributed by atoms with Crippen LogP contribution >= 0.6 is 0 Å². The number of rotatable bonds is 2. The fraction of sp³-hybridized carbons (Fsp3) is 0.286. The van der Waals surface area contributed by atoms with Crippen molar-refractivity contribution in [3.63, 3.8) is 0 Å². The summed E-state index contributed by atoms with van der Waals surface area (Å²) >= 11 is 0. The molecule has 0 bridgehead atoms. The molecule has 0 aromatic carbocycles. The molecule has 1 rings (SSSR count). The van der Waals surface area contributed by atoms with Gasteiger partial charge in [-0.15, -0.1) is 0 Å². The number of aliphatic hydroxyl groups is 1. The van der Waals surface area contributed by atoms with E-state index in [0.29, 0.717) is 0 Å². The molecule has 0 saturated carbocycles. The van der Waals surface area contributed by atoms with Gasteiger partial charge in [0.25, 0.3) is 6.43 Å². The smallest absolute Gasteiger partial charge is 0.265 e. The van der Waals surface area contributed by atoms with Crippen molar-refractivity contribution in [2.45, 2.75) is 13.0 Å². The van der Waals surface area contributed by atoms with Crippen molar-refractivity contribution in [1.82, 2.24) is 4.98 Å². The SMILES string of the molecule is OCc1c(F)cncc1C(F)F. The molecule has 0 aliphatic rings. The molecular formula is C7H6F3NO. The van der Waals surface area contributed by atoms with Crippen LogP contribution in [0.15, 0.2) is 12.4 Å². The van der Waals surface area contributed by atoms with Crippen molar-refractivity contribution in [2.24, 2.45) is 0 Å². The summed E-state index contributed by atoms with van der Waals surface area (Å²) in [5.41, 5.74) is -0.947. The highest BCUT2D eigenvalue weighted by molar-refractivity contribution is 5.24. The van der Waals surface area contributed by atoms with E-state index in [1.165, 1.54) is 0 Å². The molecule has 0 saturated heterocycles. The molecule has 0 radical (unpaired) electrons. The molecule has 0 aliphatic carbocycles. The molecule has 1 heterocycles. The Morgan fingerprint density at radius 3 is 2.50 bits per heavy atom. The zero-order valence-corrected chi connectivity index (χ0v) is 5.97. The second kappa shape index (κ2) is 3.53. The van der Waals surface area contributed by atoms with Crippen LogP contribution in [-0.4, -0.2) is 10.1 Å². The van der Waals surface area contributed by atoms with Crippen LogP contribution in [0, 0.1) is 5.82 Å². The average Bonchev–Trinajstić information content (AvgIpc) is 2.03. The minimum absolute atomic E-state index is 0.389. The van der Waals surface area contributed by atoms with E-state index in [1.807, 2.05) is 0 Å². The lowest BCUT2D eigenvalue weighted by Crippen LogP contribution is -1.99. The van der Waals surface area contributed by atoms with Crippen LogP contribution in [0.2, 0.25) is 0 Å². The van der Waals surface area contributed by atoms with Gasteiger partial charge in [0.15, 0.2) is 0 Å². The summed E-state index contributed by atoms with van der Waals surface area (Å²) in [6.07, 6.45) is -1.17. The van der Waals surface area contributed by atoms with E-state index in [2.05, 4.69) is 4.98 Å². The number of pyridine rings is 1. The number of aromatic nitrogens is 1. The maximum Gasteiger partial charge on any atom is 0.265 e. The highest BCUT2D eigenvalue weighted by atomic mass is 19.3. The Balaban J connectivity index is 3.18. The third kappa shape index (κ3) is 1.55. The topological polar surface area (TPSA) is 33.1 Å². The van der Waals surface area contributed by atoms with Crippen molar-refractivity contribution in [1.29, 1.82) is 0 Å². The van der Waals surface area contributed by atoms with Crippen LogP contribution in [0.3, 0.4) is 0 Å². The van der Waals surface area contributed by atoms with Gasteiger partial charge < -0.3 is 5.11 Å². The fourth-order valence-electron chi connectivity index (χ4n) is 0.832. The van der Waals surface area contributed by atoms with Gasteiger partial charge in [0.1, 0.15) is 5.82 Å². The van der Waals surface area contributed by atoms with Gasteiger partial charge in [0.05, 0.1) is 12.8 Å². The van der Waals surface area contributed by atoms with Gasteiger partial charge in [-0.3, -0.25) is 4.98 Å². The van der Waals surface area contributed by atoms with Gasteiger partial charge in [0.2, 0.25) is 0 Å². The number of alkyl halides is 2. The Morgan fingerprint density at radius 2 is 2.08 bits per heavy atom. The lowest BCUT2D eigenvalue weighted by Gasteiger charge is -2.05. The molecule has 66 valence electrons. The Kier molecular flexibility index (Phi) is 2.65. The van der Waals surface area contributed by atoms with Gasteiger partial charge in [-0.1, -0.05) is 0 Å². The number of hydrogen-bond acceptors (Lipinski definition) is 2. The van der Waals surface area contributed by atoms with Gasteiger partial charge in [-0.05, 0) is 0 Å². The van der Waals surface area contributed by atoms with Gasteiger partial charge in [0, 0.05) is 17.3 Å². The van der Waals surface area contributed by atoms with Crippen molar-refractivity contribution in [3.8, 4) is 0 Å². The molecule has 0 spiro atoms. The highest BCUT2D eigenvalue weighted by Gasteiger charge is 2.15. The Labute approximate surface area is 66.7 Å². The molecule has 12 heavy (non-hydrogen) atoms. The zero-order valence-electron chi connectivity index (χ0n) is 5.97. The summed E-state index contributed by atoms with van der Waals surface area (Å²) in [4.78, 5) is 3.25. The maximum absolute atomic E-state index is 12.7. The van der Waals surface area contributed by atoms with Crippen LogP contribution in [0.1, 0.15) is 17.6 Å². The van der Waals surface area contributed by atoms with E-state index < -0.39 is 24.4 Å². The number of hydrogen-bond donors (Lipinski definition) is 1. The van der Waals surface area contributed by atoms with E-state index in [1.54, 1.807) is 0 Å². The number of aliphatic hydroxyl groups excluding tert-OH is 1. The first-order valence-electron chi connectivity index (χ1n) is 3.18. The highest BCUT2D eigenvalue weighted by Crippen LogP contribution is 2.23. The summed E-state index contributed by atoms with van der Waals surface area (Å²) < 4.78 is 36.8. The predicted octanol–water partition coefficient (Wildman–Crippen LogP) is 1.65. The van der Waals surface area contributed by atoms with Crippen molar-refractivity contribution < 1.29 is 18.3 Å². The summed E-state index contributed by atoms with van der Waals surface area (Å²) in [7, 11) is 0. The summed E-state index contributed by atoms with van der Waals surface area (Å²) in [6, 6.07) is 0. The minimum atomic E-state index is -2.81. The standard InChI is InChI=1S/C7H6F3NO/c8-6-2-11-1-4(7(9)10)5(6)3-12/h1-2,7,12H,3H2. The van der Waals surface area contributed by atoms with Crippen LogP contribution in [0.25, 0.3) is 0 Å². The van der Waals surface area contributed by atoms with E-state index in [0.717, 1.165) is 12.4 Å². The first-order chi connectivity index (χ1) is 5.66. The van der Waals surface area contributed by atoms with E-state index >= 15 is 0 Å². The minimum Gasteiger partial charge on any atom is -0.392 e. The van der Waals surface area contributed by atoms with Gasteiger partial charge in [-0.2, -0.15) is 0 Å². The molecule has 0 fully saturated rings. The lowest BCUT2D eigenvalue weighted by atomic mass is 10.1. The van der Waals surface area contributed by atoms with Gasteiger partial charge >= 0.3 is 0 Å². The third-order valence-electron chi connectivity index (χ3n) is 1.43. The largest absolute Gasteiger partial charge is 0.392 e. The molecule has 1 aromatic rings. The van der Waals surface area contributed by atoms with Crippen molar-refractivity contribution >= 4 is 0 Å². The monoisotopic (exact) mass is 177 g/mol. The first kappa shape index (κ1) is 8.99. The molecule has 0 unspecified atom stereocenters. The molecule has 2 nitrogen and oxygen atoms in total. The van der Waals surface area contributed by atoms with Crippen LogP contribution in [0.4, 0.5) is 13.2 Å². The second-order valence-corrected chi connectivity index (χ2v) is 2.15. The normalized spacial score (nSPS) is 10.8. The fourth-order valence-corrected chi connectivity index (χ4v) is 0.832. The lowest BCUT2D eigenvalue weighted by molar-refractivity contribution is 0.145. The van der Waals surface area contributed by atoms with Crippen LogP contribution in [0.5, 0.6) is 0 Å². The summed E-state index contributed by atoms with van der Waals surface area (Å²) in [5.74, 6) is -0.907. The Morgan fingerprint density at radius 1 is 1.42 bits per heavy atom. The molecular weight excluding hydrogens is 171 g/mol.